The van der Waals surface area contributed by atoms with Crippen LogP contribution in [0.25, 0.3) is 0 Å². The molecule has 3 heteroatoms. The highest BCUT2D eigenvalue weighted by atomic mass is 79.9. The highest BCUT2D eigenvalue weighted by molar-refractivity contribution is 9.10. The Morgan fingerprint density at radius 1 is 1.31 bits per heavy atom. The molecule has 0 N–H and O–H groups in total. The van der Waals surface area contributed by atoms with Gasteiger partial charge >= 0.3 is 0 Å². The molecule has 1 aliphatic rings. The fraction of sp³-hybridized carbons (Fsp3) is 0.462. The van der Waals surface area contributed by atoms with Gasteiger partial charge in [0.25, 0.3) is 0 Å². The molecule has 1 heterocycles. The van der Waals surface area contributed by atoms with E-state index in [1.807, 2.05) is 23.1 Å². The van der Waals surface area contributed by atoms with E-state index in [9.17, 15) is 4.79 Å². The number of alkyl halides is 1. The molecule has 0 spiro atoms. The molecule has 0 bridgehead atoms. The summed E-state index contributed by atoms with van der Waals surface area (Å²) in [6.45, 7) is 1.75. The van der Waals surface area contributed by atoms with E-state index in [1.54, 1.807) is 0 Å². The molecule has 1 amide bonds. The minimum atomic E-state index is 0.0389. The van der Waals surface area contributed by atoms with Crippen molar-refractivity contribution in [1.82, 2.24) is 4.90 Å². The summed E-state index contributed by atoms with van der Waals surface area (Å²) in [7, 11) is 0. The van der Waals surface area contributed by atoms with Crippen molar-refractivity contribution in [2.24, 2.45) is 0 Å². The Balaban J connectivity index is 1.88. The van der Waals surface area contributed by atoms with Gasteiger partial charge in [-0.05, 0) is 24.8 Å². The van der Waals surface area contributed by atoms with Gasteiger partial charge in [0.1, 0.15) is 0 Å². The summed E-state index contributed by atoms with van der Waals surface area (Å²) in [6.07, 6.45) is 3.03. The fourth-order valence-corrected chi connectivity index (χ4v) is 2.64. The van der Waals surface area contributed by atoms with Gasteiger partial charge in [-0.1, -0.05) is 46.3 Å². The number of rotatable bonds is 3. The van der Waals surface area contributed by atoms with Crippen molar-refractivity contribution in [3.05, 3.63) is 35.9 Å². The van der Waals surface area contributed by atoms with Gasteiger partial charge in [0, 0.05) is 13.1 Å². The van der Waals surface area contributed by atoms with E-state index >= 15 is 0 Å². The molecule has 1 atom stereocenters. The Morgan fingerprint density at radius 3 is 2.81 bits per heavy atom. The molecule has 1 fully saturated rings. The highest BCUT2D eigenvalue weighted by Crippen LogP contribution is 2.18. The Labute approximate surface area is 105 Å². The monoisotopic (exact) mass is 281 g/mol. The molecular formula is C13H16BrNO. The topological polar surface area (TPSA) is 20.3 Å². The van der Waals surface area contributed by atoms with Crippen molar-refractivity contribution in [3.63, 3.8) is 0 Å². The van der Waals surface area contributed by atoms with E-state index in [1.165, 1.54) is 5.56 Å². The number of likely N-dealkylation sites (tertiary alicyclic amines) is 1. The lowest BCUT2D eigenvalue weighted by Crippen LogP contribution is -2.42. The normalized spacial score (nSPS) is 21.2. The number of hydrogen-bond acceptors (Lipinski definition) is 1. The average Bonchev–Trinajstić information content (AvgIpc) is 2.32. The Morgan fingerprint density at radius 2 is 2.06 bits per heavy atom. The van der Waals surface area contributed by atoms with Crippen LogP contribution in [0.1, 0.15) is 18.4 Å². The van der Waals surface area contributed by atoms with E-state index in [4.69, 9.17) is 0 Å². The van der Waals surface area contributed by atoms with Gasteiger partial charge in [-0.25, -0.2) is 0 Å². The van der Waals surface area contributed by atoms with E-state index in [0.717, 1.165) is 32.4 Å². The summed E-state index contributed by atoms with van der Waals surface area (Å²) < 4.78 is 0. The lowest BCUT2D eigenvalue weighted by molar-refractivity contribution is -0.132. The maximum atomic E-state index is 11.8. The van der Waals surface area contributed by atoms with Crippen LogP contribution in [0.2, 0.25) is 0 Å². The van der Waals surface area contributed by atoms with E-state index in [2.05, 4.69) is 28.1 Å². The standard InChI is InChI=1S/C13H16BrNO/c14-12-7-4-9-15(13(12)16)10-8-11-5-2-1-3-6-11/h1-3,5-6,12H,4,7-10H2. The Bertz CT molecular complexity index is 352. The first-order valence-electron chi connectivity index (χ1n) is 5.74. The minimum absolute atomic E-state index is 0.0389. The molecule has 0 radical (unpaired) electrons. The maximum Gasteiger partial charge on any atom is 0.236 e. The molecule has 16 heavy (non-hydrogen) atoms. The number of carbonyl (C=O) groups excluding carboxylic acids is 1. The van der Waals surface area contributed by atoms with Gasteiger partial charge < -0.3 is 4.90 Å². The molecule has 0 aromatic heterocycles. The minimum Gasteiger partial charge on any atom is -0.341 e. The van der Waals surface area contributed by atoms with Crippen LogP contribution >= 0.6 is 15.9 Å². The van der Waals surface area contributed by atoms with Crippen LogP contribution in [0.4, 0.5) is 0 Å². The van der Waals surface area contributed by atoms with Crippen LogP contribution in [0.15, 0.2) is 30.3 Å². The van der Waals surface area contributed by atoms with Gasteiger partial charge in [0.05, 0.1) is 4.83 Å². The molecule has 1 saturated heterocycles. The zero-order valence-electron chi connectivity index (χ0n) is 9.23. The van der Waals surface area contributed by atoms with E-state index < -0.39 is 0 Å². The molecule has 1 aromatic carbocycles. The molecular weight excluding hydrogens is 266 g/mol. The van der Waals surface area contributed by atoms with Crippen LogP contribution < -0.4 is 0 Å². The maximum absolute atomic E-state index is 11.8. The van der Waals surface area contributed by atoms with Crippen LogP contribution in [0, 0.1) is 0 Å². The van der Waals surface area contributed by atoms with E-state index in [0.29, 0.717) is 0 Å². The number of benzene rings is 1. The van der Waals surface area contributed by atoms with Crippen molar-refractivity contribution in [2.45, 2.75) is 24.1 Å². The average molecular weight is 282 g/mol. The zero-order chi connectivity index (χ0) is 11.4. The Hall–Kier alpha value is -0.830. The number of amides is 1. The van der Waals surface area contributed by atoms with Gasteiger partial charge in [0.15, 0.2) is 0 Å². The van der Waals surface area contributed by atoms with Gasteiger partial charge in [-0.3, -0.25) is 4.79 Å². The lowest BCUT2D eigenvalue weighted by atomic mass is 10.1. The lowest BCUT2D eigenvalue weighted by Gasteiger charge is -2.29. The molecule has 0 saturated carbocycles. The van der Waals surface area contributed by atoms with Crippen molar-refractivity contribution in [1.29, 1.82) is 0 Å². The third kappa shape index (κ3) is 2.85. The van der Waals surface area contributed by atoms with Crippen LogP contribution in [-0.4, -0.2) is 28.7 Å². The first kappa shape index (κ1) is 11.6. The largest absolute Gasteiger partial charge is 0.341 e. The van der Waals surface area contributed by atoms with E-state index in [-0.39, 0.29) is 10.7 Å². The summed E-state index contributed by atoms with van der Waals surface area (Å²) in [4.78, 5) is 13.8. The number of carbonyl (C=O) groups is 1. The van der Waals surface area contributed by atoms with Gasteiger partial charge in [-0.2, -0.15) is 0 Å². The van der Waals surface area contributed by atoms with Crippen molar-refractivity contribution >= 4 is 21.8 Å². The Kier molecular flexibility index (Phi) is 3.99. The smallest absolute Gasteiger partial charge is 0.236 e. The summed E-state index contributed by atoms with van der Waals surface area (Å²) in [6, 6.07) is 10.3. The first-order chi connectivity index (χ1) is 7.77. The number of piperidine rings is 1. The second-order valence-electron chi connectivity index (χ2n) is 4.17. The number of hydrogen-bond donors (Lipinski definition) is 0. The third-order valence-electron chi connectivity index (χ3n) is 2.98. The molecule has 1 aliphatic heterocycles. The van der Waals surface area contributed by atoms with Crippen LogP contribution in [0.5, 0.6) is 0 Å². The van der Waals surface area contributed by atoms with Crippen LogP contribution in [0.3, 0.4) is 0 Å². The predicted molar refractivity (Wildman–Crippen MR) is 68.7 cm³/mol. The molecule has 0 aliphatic carbocycles. The first-order valence-corrected chi connectivity index (χ1v) is 6.66. The summed E-state index contributed by atoms with van der Waals surface area (Å²) in [5, 5.41) is 0. The van der Waals surface area contributed by atoms with Crippen molar-refractivity contribution in [3.8, 4) is 0 Å². The summed E-state index contributed by atoms with van der Waals surface area (Å²) in [5.41, 5.74) is 1.30. The predicted octanol–water partition coefficient (Wildman–Crippen LogP) is 2.62. The number of nitrogens with zero attached hydrogens (tertiary/aromatic N) is 1. The molecule has 1 unspecified atom stereocenters. The van der Waals surface area contributed by atoms with Gasteiger partial charge in [-0.15, -0.1) is 0 Å². The third-order valence-corrected chi connectivity index (χ3v) is 3.83. The SMILES string of the molecule is O=C1C(Br)CCCN1CCc1ccccc1. The molecule has 2 nitrogen and oxygen atoms in total. The summed E-state index contributed by atoms with van der Waals surface area (Å²) in [5.74, 6) is 0.252. The van der Waals surface area contributed by atoms with Gasteiger partial charge in [0.2, 0.25) is 5.91 Å². The second-order valence-corrected chi connectivity index (χ2v) is 5.28. The zero-order valence-corrected chi connectivity index (χ0v) is 10.8. The fourth-order valence-electron chi connectivity index (χ4n) is 2.02. The summed E-state index contributed by atoms with van der Waals surface area (Å²) >= 11 is 3.43. The molecule has 2 rings (SSSR count). The van der Waals surface area contributed by atoms with Crippen molar-refractivity contribution in [2.75, 3.05) is 13.1 Å². The molecule has 86 valence electrons. The highest BCUT2D eigenvalue weighted by Gasteiger charge is 2.25. The quantitative estimate of drug-likeness (QED) is 0.780. The number of halogens is 1. The van der Waals surface area contributed by atoms with Crippen molar-refractivity contribution < 1.29 is 4.79 Å². The molecule has 1 aromatic rings. The second kappa shape index (κ2) is 5.48. The van der Waals surface area contributed by atoms with Crippen LogP contribution in [-0.2, 0) is 11.2 Å².